The van der Waals surface area contributed by atoms with E-state index in [2.05, 4.69) is 42.0 Å². The molecule has 1 amide bonds. The van der Waals surface area contributed by atoms with Crippen LogP contribution in [0.4, 0.5) is 10.1 Å². The number of ether oxygens (including phenoxy) is 1. The molecule has 3 aliphatic rings. The van der Waals surface area contributed by atoms with Crippen LogP contribution in [0.15, 0.2) is 36.5 Å². The van der Waals surface area contributed by atoms with Crippen molar-refractivity contribution in [3.05, 3.63) is 59.2 Å². The second kappa shape index (κ2) is 11.7. The summed E-state index contributed by atoms with van der Waals surface area (Å²) in [4.78, 5) is 25.3. The maximum absolute atomic E-state index is 13.8. The Labute approximate surface area is 225 Å². The molecule has 0 bridgehead atoms. The van der Waals surface area contributed by atoms with Gasteiger partial charge in [0, 0.05) is 80.6 Å². The molecule has 0 spiro atoms. The van der Waals surface area contributed by atoms with Crippen molar-refractivity contribution < 1.29 is 13.9 Å². The number of amides is 1. The maximum atomic E-state index is 13.8. The van der Waals surface area contributed by atoms with Gasteiger partial charge in [0.1, 0.15) is 5.82 Å². The summed E-state index contributed by atoms with van der Waals surface area (Å²) >= 11 is 0. The molecule has 2 saturated heterocycles. The number of nitrogens with one attached hydrogen (secondary N) is 1. The summed E-state index contributed by atoms with van der Waals surface area (Å²) in [7, 11) is 0. The van der Waals surface area contributed by atoms with E-state index in [9.17, 15) is 9.18 Å². The van der Waals surface area contributed by atoms with E-state index >= 15 is 0 Å². The lowest BCUT2D eigenvalue weighted by atomic mass is 9.88. The van der Waals surface area contributed by atoms with Gasteiger partial charge in [0.25, 0.3) is 0 Å². The van der Waals surface area contributed by atoms with Gasteiger partial charge in [-0.15, -0.1) is 12.4 Å². The van der Waals surface area contributed by atoms with Crippen molar-refractivity contribution in [2.75, 3.05) is 63.9 Å². The molecule has 2 atom stereocenters. The number of carbonyl (C=O) groups excluding carboxylic acids is 1. The van der Waals surface area contributed by atoms with Crippen LogP contribution in [0.1, 0.15) is 37.6 Å². The predicted octanol–water partition coefficient (Wildman–Crippen LogP) is 2.85. The Balaban J connectivity index is 0.00000320. The van der Waals surface area contributed by atoms with Crippen LogP contribution in [0.5, 0.6) is 0 Å². The average Bonchev–Trinajstić information content (AvgIpc) is 3.13. The lowest BCUT2D eigenvalue weighted by Crippen LogP contribution is -2.61. The Morgan fingerprint density at radius 2 is 1.95 bits per heavy atom. The van der Waals surface area contributed by atoms with Gasteiger partial charge in [-0.2, -0.15) is 0 Å². The molecule has 1 aromatic carbocycles. The lowest BCUT2D eigenvalue weighted by Gasteiger charge is -2.42. The Bertz CT molecular complexity index is 1080. The summed E-state index contributed by atoms with van der Waals surface area (Å²) in [6.07, 6.45) is 2.53. The minimum absolute atomic E-state index is 0. The van der Waals surface area contributed by atoms with E-state index in [1.165, 1.54) is 12.1 Å². The monoisotopic (exact) mass is 531 g/mol. The van der Waals surface area contributed by atoms with Gasteiger partial charge in [0.15, 0.2) is 0 Å². The zero-order valence-electron chi connectivity index (χ0n) is 22.1. The smallest absolute Gasteiger partial charge is 0.241 e. The molecule has 9 heteroatoms. The van der Waals surface area contributed by atoms with Gasteiger partial charge in [-0.25, -0.2) is 4.39 Å². The predicted molar refractivity (Wildman–Crippen MR) is 146 cm³/mol. The number of pyridine rings is 1. The Morgan fingerprint density at radius 3 is 2.68 bits per heavy atom. The third-order valence-electron chi connectivity index (χ3n) is 7.75. The molecule has 3 aliphatic heterocycles. The number of fused-ring (bicyclic) bond motifs is 1. The quantitative estimate of drug-likeness (QED) is 0.618. The third-order valence-corrected chi connectivity index (χ3v) is 7.75. The van der Waals surface area contributed by atoms with E-state index in [0.29, 0.717) is 31.6 Å². The molecule has 5 rings (SSSR count). The van der Waals surface area contributed by atoms with E-state index in [4.69, 9.17) is 9.72 Å². The minimum Gasteiger partial charge on any atom is -0.379 e. The molecule has 0 unspecified atom stereocenters. The van der Waals surface area contributed by atoms with Crippen LogP contribution < -0.4 is 10.2 Å². The first kappa shape index (κ1) is 27.9. The number of anilines is 1. The highest BCUT2D eigenvalue weighted by atomic mass is 35.5. The standard InChI is InChI=1S/C28H38FN5O2.ClH/c1-20-16-33(24(14-30-20)17-32-8-10-36-11-9-32)18-27(35)34-19-28(2,3)25-15-31-23(13-26(25)34)12-21-4-6-22(29)7-5-21;/h4-7,13,15,20,24,30H,8-12,14,16-19H2,1-3H3;1H/t20-,24-;/m1./s1. The van der Waals surface area contributed by atoms with Gasteiger partial charge in [-0.05, 0) is 30.7 Å². The summed E-state index contributed by atoms with van der Waals surface area (Å²) < 4.78 is 18.8. The van der Waals surface area contributed by atoms with Crippen LogP contribution in [-0.4, -0.2) is 91.8 Å². The Morgan fingerprint density at radius 1 is 1.22 bits per heavy atom. The first-order chi connectivity index (χ1) is 17.3. The van der Waals surface area contributed by atoms with Crippen molar-refractivity contribution in [1.82, 2.24) is 20.1 Å². The van der Waals surface area contributed by atoms with Crippen LogP contribution >= 0.6 is 12.4 Å². The van der Waals surface area contributed by atoms with E-state index in [-0.39, 0.29) is 29.5 Å². The number of carbonyl (C=O) groups is 1. The number of halogens is 2. The molecule has 1 aromatic heterocycles. The molecule has 0 aliphatic carbocycles. The summed E-state index contributed by atoms with van der Waals surface area (Å²) in [5.74, 6) is -0.102. The van der Waals surface area contributed by atoms with Crippen molar-refractivity contribution >= 4 is 24.0 Å². The SMILES string of the molecule is C[C@@H]1CN(CC(=O)N2CC(C)(C)c3cnc(Cc4ccc(F)cc4)cc32)[C@@H](CN2CCOCC2)CN1.Cl. The minimum atomic E-state index is -0.242. The number of hydrogen-bond donors (Lipinski definition) is 1. The fourth-order valence-corrected chi connectivity index (χ4v) is 5.67. The molecule has 1 N–H and O–H groups in total. The van der Waals surface area contributed by atoms with Crippen molar-refractivity contribution in [3.8, 4) is 0 Å². The van der Waals surface area contributed by atoms with Crippen LogP contribution in [0, 0.1) is 5.82 Å². The fourth-order valence-electron chi connectivity index (χ4n) is 5.67. The van der Waals surface area contributed by atoms with Gasteiger partial charge in [-0.3, -0.25) is 19.6 Å². The van der Waals surface area contributed by atoms with Gasteiger partial charge < -0.3 is 15.0 Å². The Hall–Kier alpha value is -2.10. The van der Waals surface area contributed by atoms with Crippen LogP contribution in [0.25, 0.3) is 0 Å². The van der Waals surface area contributed by atoms with Gasteiger partial charge in [0.2, 0.25) is 5.91 Å². The molecular formula is C28H39ClFN5O2. The topological polar surface area (TPSA) is 60.9 Å². The number of aromatic nitrogens is 1. The van der Waals surface area contributed by atoms with Crippen molar-refractivity contribution in [2.45, 2.75) is 44.7 Å². The number of piperazine rings is 1. The molecule has 202 valence electrons. The number of hydrogen-bond acceptors (Lipinski definition) is 6. The molecule has 0 saturated carbocycles. The molecule has 2 fully saturated rings. The zero-order chi connectivity index (χ0) is 25.3. The van der Waals surface area contributed by atoms with Gasteiger partial charge >= 0.3 is 0 Å². The first-order valence-corrected chi connectivity index (χ1v) is 13.1. The highest BCUT2D eigenvalue weighted by Crippen LogP contribution is 2.40. The number of benzene rings is 1. The second-order valence-electron chi connectivity index (χ2n) is 11.2. The van der Waals surface area contributed by atoms with Crippen LogP contribution in [0.3, 0.4) is 0 Å². The van der Waals surface area contributed by atoms with Gasteiger partial charge in [-0.1, -0.05) is 26.0 Å². The largest absolute Gasteiger partial charge is 0.379 e. The van der Waals surface area contributed by atoms with Crippen LogP contribution in [0.2, 0.25) is 0 Å². The van der Waals surface area contributed by atoms with E-state index < -0.39 is 0 Å². The maximum Gasteiger partial charge on any atom is 0.241 e. The summed E-state index contributed by atoms with van der Waals surface area (Å²) in [5, 5.41) is 3.60. The average molecular weight is 532 g/mol. The zero-order valence-corrected chi connectivity index (χ0v) is 22.9. The lowest BCUT2D eigenvalue weighted by molar-refractivity contribution is -0.121. The number of nitrogens with zero attached hydrogens (tertiary/aromatic N) is 4. The van der Waals surface area contributed by atoms with E-state index in [1.807, 2.05) is 11.1 Å². The normalized spacial score (nSPS) is 23.9. The fraction of sp³-hybridized carbons (Fsp3) is 0.571. The highest BCUT2D eigenvalue weighted by Gasteiger charge is 2.40. The van der Waals surface area contributed by atoms with Crippen LogP contribution in [-0.2, 0) is 21.4 Å². The third kappa shape index (κ3) is 6.49. The van der Waals surface area contributed by atoms with Crippen molar-refractivity contribution in [3.63, 3.8) is 0 Å². The van der Waals surface area contributed by atoms with Gasteiger partial charge in [0.05, 0.1) is 25.4 Å². The van der Waals surface area contributed by atoms with E-state index in [0.717, 1.165) is 68.4 Å². The summed E-state index contributed by atoms with van der Waals surface area (Å²) in [5.41, 5.74) is 3.80. The molecule has 0 radical (unpaired) electrons. The number of rotatable bonds is 6. The molecule has 2 aromatic rings. The molecule has 4 heterocycles. The molecule has 37 heavy (non-hydrogen) atoms. The molecule has 7 nitrogen and oxygen atoms in total. The Kier molecular flexibility index (Phi) is 8.86. The summed E-state index contributed by atoms with van der Waals surface area (Å²) in [6.45, 7) is 13.8. The first-order valence-electron chi connectivity index (χ1n) is 13.1. The van der Waals surface area contributed by atoms with E-state index in [1.54, 1.807) is 12.1 Å². The highest BCUT2D eigenvalue weighted by molar-refractivity contribution is 5.97. The summed E-state index contributed by atoms with van der Waals surface area (Å²) in [6, 6.07) is 9.23. The second-order valence-corrected chi connectivity index (χ2v) is 11.2. The van der Waals surface area contributed by atoms with Crippen molar-refractivity contribution in [1.29, 1.82) is 0 Å². The van der Waals surface area contributed by atoms with Crippen molar-refractivity contribution in [2.24, 2.45) is 0 Å². The number of morpholine rings is 1. The molecular weight excluding hydrogens is 493 g/mol.